The minimum atomic E-state index is -1.68. The van der Waals surface area contributed by atoms with Crippen molar-refractivity contribution in [1.82, 2.24) is 0 Å². The summed E-state index contributed by atoms with van der Waals surface area (Å²) < 4.78 is 25.0. The van der Waals surface area contributed by atoms with Crippen molar-refractivity contribution in [2.45, 2.75) is 39.7 Å². The second-order valence-corrected chi connectivity index (χ2v) is 6.26. The molecule has 120 valence electrons. The van der Waals surface area contributed by atoms with E-state index in [0.717, 1.165) is 53.2 Å². The second-order valence-electron chi connectivity index (χ2n) is 6.26. The zero-order chi connectivity index (χ0) is 16.6. The van der Waals surface area contributed by atoms with E-state index in [4.69, 9.17) is 0 Å². The van der Waals surface area contributed by atoms with E-state index in [-0.39, 0.29) is 6.61 Å². The highest BCUT2D eigenvalue weighted by Crippen LogP contribution is 2.37. The van der Waals surface area contributed by atoms with Gasteiger partial charge in [-0.1, -0.05) is 18.2 Å². The summed E-state index contributed by atoms with van der Waals surface area (Å²) >= 11 is 0. The topological polar surface area (TPSA) is 20.2 Å². The minimum Gasteiger partial charge on any atom is -0.392 e. The number of halogens is 2. The highest BCUT2D eigenvalue weighted by molar-refractivity contribution is 5.77. The van der Waals surface area contributed by atoms with Crippen LogP contribution in [0, 0.1) is 13.8 Å². The molecular formula is C20H20F2O. The maximum atomic E-state index is 12.5. The quantitative estimate of drug-likeness (QED) is 0.826. The fourth-order valence-corrected chi connectivity index (χ4v) is 3.72. The van der Waals surface area contributed by atoms with E-state index in [0.29, 0.717) is 5.56 Å². The Hall–Kier alpha value is -2.00. The lowest BCUT2D eigenvalue weighted by atomic mass is 9.88. The van der Waals surface area contributed by atoms with Gasteiger partial charge in [-0.2, -0.15) is 8.78 Å². The van der Waals surface area contributed by atoms with E-state index in [1.54, 1.807) is 12.1 Å². The van der Waals surface area contributed by atoms with Gasteiger partial charge in [-0.15, -0.1) is 0 Å². The summed E-state index contributed by atoms with van der Waals surface area (Å²) in [7, 11) is 0. The molecule has 0 amide bonds. The molecule has 23 heavy (non-hydrogen) atoms. The lowest BCUT2D eigenvalue weighted by Crippen LogP contribution is -1.97. The van der Waals surface area contributed by atoms with Crippen molar-refractivity contribution in [1.29, 1.82) is 0 Å². The van der Waals surface area contributed by atoms with Crippen LogP contribution in [0.1, 0.15) is 39.8 Å². The van der Waals surface area contributed by atoms with Gasteiger partial charge in [0.05, 0.1) is 6.61 Å². The Morgan fingerprint density at radius 2 is 1.78 bits per heavy atom. The summed E-state index contributed by atoms with van der Waals surface area (Å²) in [5, 5.41) is 9.53. The molecule has 0 aromatic heterocycles. The minimum absolute atomic E-state index is 0.0201. The van der Waals surface area contributed by atoms with Gasteiger partial charge in [-0.25, -0.2) is 0 Å². The maximum Gasteiger partial charge on any atom is 0.270 e. The summed E-state index contributed by atoms with van der Waals surface area (Å²) in [5.74, 6) is 0. The first-order chi connectivity index (χ1) is 11.0. The van der Waals surface area contributed by atoms with E-state index in [1.807, 2.05) is 19.9 Å². The van der Waals surface area contributed by atoms with Crippen LogP contribution >= 0.6 is 0 Å². The predicted molar refractivity (Wildman–Crippen MR) is 89.5 cm³/mol. The molecule has 2 aromatic carbocycles. The molecule has 0 saturated carbocycles. The molecule has 3 rings (SSSR count). The summed E-state index contributed by atoms with van der Waals surface area (Å²) in [6.07, 6.45) is 2.43. The third-order valence-corrected chi connectivity index (χ3v) is 4.56. The monoisotopic (exact) mass is 314 g/mol. The molecule has 1 nitrogen and oxygen atoms in total. The first kappa shape index (κ1) is 15.9. The Labute approximate surface area is 135 Å². The van der Waals surface area contributed by atoms with E-state index in [2.05, 4.69) is 6.07 Å². The van der Waals surface area contributed by atoms with Crippen LogP contribution in [0.3, 0.4) is 0 Å². The molecule has 0 spiro atoms. The molecular weight excluding hydrogens is 294 g/mol. The predicted octanol–water partition coefficient (Wildman–Crippen LogP) is 5.19. The number of aliphatic hydroxyl groups excluding tert-OH is 1. The fraction of sp³-hybridized carbons (Fsp3) is 0.300. The third kappa shape index (κ3) is 3.06. The SMILES string of the molecule is Cc1cc(C=C(F)F)cc(C)c1-c1cc(CO)cc2c1CCC2. The molecule has 2 aromatic rings. The molecule has 0 unspecified atom stereocenters. The van der Waals surface area contributed by atoms with Crippen molar-refractivity contribution in [2.75, 3.05) is 0 Å². The maximum absolute atomic E-state index is 12.5. The summed E-state index contributed by atoms with van der Waals surface area (Å²) in [6.45, 7) is 3.94. The van der Waals surface area contributed by atoms with Gasteiger partial charge in [-0.3, -0.25) is 0 Å². The first-order valence-corrected chi connectivity index (χ1v) is 7.89. The Bertz CT molecular complexity index is 763. The summed E-state index contributed by atoms with van der Waals surface area (Å²) in [4.78, 5) is 0. The Kier molecular flexibility index (Phi) is 4.31. The number of aliphatic hydroxyl groups is 1. The summed E-state index contributed by atoms with van der Waals surface area (Å²) in [5.41, 5.74) is 8.32. The number of benzene rings is 2. The van der Waals surface area contributed by atoms with Crippen molar-refractivity contribution in [3.8, 4) is 11.1 Å². The number of hydrogen-bond acceptors (Lipinski definition) is 1. The van der Waals surface area contributed by atoms with Crippen LogP contribution < -0.4 is 0 Å². The molecule has 0 saturated heterocycles. The molecule has 0 fully saturated rings. The number of aryl methyl sites for hydroxylation is 3. The normalized spacial score (nSPS) is 13.1. The smallest absolute Gasteiger partial charge is 0.270 e. The molecule has 1 aliphatic rings. The highest BCUT2D eigenvalue weighted by Gasteiger charge is 2.19. The number of hydrogen-bond donors (Lipinski definition) is 1. The van der Waals surface area contributed by atoms with E-state index in [1.165, 1.54) is 11.1 Å². The number of rotatable bonds is 3. The number of fused-ring (bicyclic) bond motifs is 1. The van der Waals surface area contributed by atoms with E-state index >= 15 is 0 Å². The van der Waals surface area contributed by atoms with Gasteiger partial charge >= 0.3 is 0 Å². The van der Waals surface area contributed by atoms with Gasteiger partial charge in [0.1, 0.15) is 0 Å². The second kappa shape index (κ2) is 6.25. The van der Waals surface area contributed by atoms with E-state index in [9.17, 15) is 13.9 Å². The average Bonchev–Trinajstić information content (AvgIpc) is 2.93. The molecule has 0 aliphatic heterocycles. The molecule has 0 radical (unpaired) electrons. The lowest BCUT2D eigenvalue weighted by Gasteiger charge is -2.17. The van der Waals surface area contributed by atoms with Crippen molar-refractivity contribution >= 4 is 6.08 Å². The molecule has 0 heterocycles. The first-order valence-electron chi connectivity index (χ1n) is 7.89. The van der Waals surface area contributed by atoms with Gasteiger partial charge < -0.3 is 5.11 Å². The molecule has 0 atom stereocenters. The van der Waals surface area contributed by atoms with E-state index < -0.39 is 6.08 Å². The van der Waals surface area contributed by atoms with Gasteiger partial charge in [0, 0.05) is 6.08 Å². The Morgan fingerprint density at radius 3 is 2.39 bits per heavy atom. The zero-order valence-corrected chi connectivity index (χ0v) is 13.4. The van der Waals surface area contributed by atoms with Crippen LogP contribution in [-0.4, -0.2) is 5.11 Å². The van der Waals surface area contributed by atoms with Crippen LogP contribution in [0.2, 0.25) is 0 Å². The molecule has 1 aliphatic carbocycles. The highest BCUT2D eigenvalue weighted by atomic mass is 19.3. The third-order valence-electron chi connectivity index (χ3n) is 4.56. The van der Waals surface area contributed by atoms with Crippen LogP contribution in [0.25, 0.3) is 17.2 Å². The lowest BCUT2D eigenvalue weighted by molar-refractivity contribution is 0.282. The fourth-order valence-electron chi connectivity index (χ4n) is 3.72. The Morgan fingerprint density at radius 1 is 1.09 bits per heavy atom. The van der Waals surface area contributed by atoms with Gasteiger partial charge in [-0.05, 0) is 83.7 Å². The van der Waals surface area contributed by atoms with Gasteiger partial charge in [0.25, 0.3) is 6.08 Å². The van der Waals surface area contributed by atoms with Crippen LogP contribution in [0.15, 0.2) is 30.3 Å². The van der Waals surface area contributed by atoms with Crippen LogP contribution in [0.5, 0.6) is 0 Å². The average molecular weight is 314 g/mol. The molecule has 0 bridgehead atoms. The van der Waals surface area contributed by atoms with Crippen molar-refractivity contribution in [3.63, 3.8) is 0 Å². The zero-order valence-electron chi connectivity index (χ0n) is 13.4. The standard InChI is InChI=1S/C20H20F2O/c1-12-6-14(10-19(21)22)7-13(2)20(12)18-9-15(11-23)8-16-4-3-5-17(16)18/h6-10,23H,3-5,11H2,1-2H3. The molecule has 3 heteroatoms. The van der Waals surface area contributed by atoms with Gasteiger partial charge in [0.15, 0.2) is 0 Å². The van der Waals surface area contributed by atoms with Crippen molar-refractivity contribution in [3.05, 3.63) is 63.7 Å². The Balaban J connectivity index is 2.20. The molecule has 1 N–H and O–H groups in total. The van der Waals surface area contributed by atoms with Gasteiger partial charge in [0.2, 0.25) is 0 Å². The van der Waals surface area contributed by atoms with Crippen LogP contribution in [-0.2, 0) is 19.4 Å². The largest absolute Gasteiger partial charge is 0.392 e. The van der Waals surface area contributed by atoms with Crippen molar-refractivity contribution in [2.24, 2.45) is 0 Å². The van der Waals surface area contributed by atoms with Crippen LogP contribution in [0.4, 0.5) is 8.78 Å². The van der Waals surface area contributed by atoms with Crippen molar-refractivity contribution < 1.29 is 13.9 Å². The summed E-state index contributed by atoms with van der Waals surface area (Å²) in [6, 6.07) is 7.74.